The molecule has 4 nitrogen and oxygen atoms in total. The van der Waals surface area contributed by atoms with Gasteiger partial charge in [0.15, 0.2) is 0 Å². The lowest BCUT2D eigenvalue weighted by atomic mass is 9.93. The summed E-state index contributed by atoms with van der Waals surface area (Å²) in [5.74, 6) is 0.920. The third kappa shape index (κ3) is 2.51. The quantitative estimate of drug-likeness (QED) is 0.912. The molecule has 19 heavy (non-hydrogen) atoms. The fourth-order valence-corrected chi connectivity index (χ4v) is 2.10. The van der Waals surface area contributed by atoms with Crippen molar-refractivity contribution in [1.82, 2.24) is 14.5 Å². The number of hydrogen-bond donors (Lipinski definition) is 1. The van der Waals surface area contributed by atoms with Gasteiger partial charge >= 0.3 is 0 Å². The minimum atomic E-state index is -0.460. The van der Waals surface area contributed by atoms with Crippen molar-refractivity contribution < 1.29 is 5.11 Å². The van der Waals surface area contributed by atoms with Gasteiger partial charge in [0.2, 0.25) is 0 Å². The van der Waals surface area contributed by atoms with Crippen LogP contribution in [0, 0.1) is 0 Å². The molecule has 0 aliphatic heterocycles. The number of aromatic nitrogens is 2. The Morgan fingerprint density at radius 3 is 2.53 bits per heavy atom. The maximum Gasteiger partial charge on any atom is 0.112 e. The lowest BCUT2D eigenvalue weighted by molar-refractivity contribution is 0.0167. The molecule has 0 aliphatic rings. The van der Waals surface area contributed by atoms with Gasteiger partial charge in [0.1, 0.15) is 5.82 Å². The van der Waals surface area contributed by atoms with Gasteiger partial charge in [-0.25, -0.2) is 4.98 Å². The van der Waals surface area contributed by atoms with Crippen LogP contribution in [0.25, 0.3) is 11.0 Å². The summed E-state index contributed by atoms with van der Waals surface area (Å²) in [7, 11) is 5.97. The zero-order valence-corrected chi connectivity index (χ0v) is 12.4. The van der Waals surface area contributed by atoms with Gasteiger partial charge in [-0.3, -0.25) is 0 Å². The number of nitrogens with zero attached hydrogens (tertiary/aromatic N) is 3. The number of fused-ring (bicyclic) bond motifs is 1. The third-order valence-corrected chi connectivity index (χ3v) is 4.22. The van der Waals surface area contributed by atoms with E-state index in [2.05, 4.69) is 15.6 Å². The van der Waals surface area contributed by atoms with E-state index in [0.717, 1.165) is 16.9 Å². The molecule has 0 saturated carbocycles. The molecular formula is C15H23N3O. The highest BCUT2D eigenvalue weighted by Crippen LogP contribution is 2.21. The number of aryl methyl sites for hydroxylation is 1. The maximum atomic E-state index is 10.5. The first-order valence-electron chi connectivity index (χ1n) is 6.60. The van der Waals surface area contributed by atoms with Crippen molar-refractivity contribution in [2.75, 3.05) is 14.1 Å². The Labute approximate surface area is 114 Å². The summed E-state index contributed by atoms with van der Waals surface area (Å²) >= 11 is 0. The van der Waals surface area contributed by atoms with Crippen LogP contribution in [0.2, 0.25) is 0 Å². The summed E-state index contributed by atoms with van der Waals surface area (Å²) in [5.41, 5.74) is 1.81. The van der Waals surface area contributed by atoms with Crippen LogP contribution in [-0.4, -0.2) is 45.3 Å². The topological polar surface area (TPSA) is 41.3 Å². The Morgan fingerprint density at radius 1 is 1.32 bits per heavy atom. The fraction of sp³-hybridized carbons (Fsp3) is 0.533. The first kappa shape index (κ1) is 14.0. The first-order chi connectivity index (χ1) is 8.84. The summed E-state index contributed by atoms with van der Waals surface area (Å²) in [6.45, 7) is 4.08. The van der Waals surface area contributed by atoms with Crippen LogP contribution in [0.4, 0.5) is 0 Å². The standard InChI is InChI=1S/C15H23N3O/c1-15(2,17(3)4)13(19)10-14-16-11-8-6-7-9-12(11)18(14)5/h6-9,13,19H,10H2,1-5H3. The minimum absolute atomic E-state index is 0.280. The average Bonchev–Trinajstić information content (AvgIpc) is 2.67. The molecule has 1 unspecified atom stereocenters. The van der Waals surface area contributed by atoms with E-state index in [-0.39, 0.29) is 5.54 Å². The molecule has 4 heteroatoms. The third-order valence-electron chi connectivity index (χ3n) is 4.22. The molecule has 104 valence electrons. The van der Waals surface area contributed by atoms with Gasteiger partial charge in [-0.1, -0.05) is 12.1 Å². The van der Waals surface area contributed by atoms with Gasteiger partial charge in [0.05, 0.1) is 17.1 Å². The van der Waals surface area contributed by atoms with E-state index < -0.39 is 6.10 Å². The van der Waals surface area contributed by atoms with E-state index in [1.54, 1.807) is 0 Å². The van der Waals surface area contributed by atoms with Crippen LogP contribution in [0.15, 0.2) is 24.3 Å². The molecule has 1 aromatic carbocycles. The van der Waals surface area contributed by atoms with Gasteiger partial charge in [0.25, 0.3) is 0 Å². The van der Waals surface area contributed by atoms with E-state index >= 15 is 0 Å². The number of rotatable bonds is 4. The van der Waals surface area contributed by atoms with E-state index in [1.807, 2.05) is 58.1 Å². The number of likely N-dealkylation sites (N-methyl/N-ethyl adjacent to an activating group) is 1. The predicted molar refractivity (Wildman–Crippen MR) is 78.2 cm³/mol. The second-order valence-corrected chi connectivity index (χ2v) is 5.84. The second-order valence-electron chi connectivity index (χ2n) is 5.84. The Balaban J connectivity index is 2.29. The van der Waals surface area contributed by atoms with Gasteiger partial charge < -0.3 is 14.6 Å². The van der Waals surface area contributed by atoms with Crippen molar-refractivity contribution in [3.63, 3.8) is 0 Å². The molecule has 0 amide bonds. The molecule has 0 bridgehead atoms. The largest absolute Gasteiger partial charge is 0.391 e. The highest BCUT2D eigenvalue weighted by molar-refractivity contribution is 5.75. The van der Waals surface area contributed by atoms with Crippen LogP contribution < -0.4 is 0 Å². The summed E-state index contributed by atoms with van der Waals surface area (Å²) in [4.78, 5) is 6.65. The Morgan fingerprint density at radius 2 is 1.95 bits per heavy atom. The highest BCUT2D eigenvalue weighted by Gasteiger charge is 2.31. The molecule has 1 atom stereocenters. The van der Waals surface area contributed by atoms with Gasteiger partial charge in [-0.2, -0.15) is 0 Å². The number of aliphatic hydroxyl groups is 1. The van der Waals surface area contributed by atoms with Crippen molar-refractivity contribution in [3.05, 3.63) is 30.1 Å². The number of para-hydroxylation sites is 2. The van der Waals surface area contributed by atoms with Crippen LogP contribution in [0.1, 0.15) is 19.7 Å². The van der Waals surface area contributed by atoms with Crippen LogP contribution in [-0.2, 0) is 13.5 Å². The summed E-state index contributed by atoms with van der Waals surface area (Å²) in [6, 6.07) is 8.05. The SMILES string of the molecule is CN(C)C(C)(C)C(O)Cc1nc2ccccc2n1C. The van der Waals surface area contributed by atoms with Crippen LogP contribution in [0.5, 0.6) is 0 Å². The molecular weight excluding hydrogens is 238 g/mol. The molecule has 1 aromatic heterocycles. The zero-order valence-electron chi connectivity index (χ0n) is 12.4. The van der Waals surface area contributed by atoms with Gasteiger partial charge in [-0.15, -0.1) is 0 Å². The molecule has 0 radical (unpaired) electrons. The number of aliphatic hydroxyl groups excluding tert-OH is 1. The van der Waals surface area contributed by atoms with Crippen molar-refractivity contribution in [3.8, 4) is 0 Å². The zero-order chi connectivity index (χ0) is 14.2. The van der Waals surface area contributed by atoms with Crippen LogP contribution >= 0.6 is 0 Å². The lowest BCUT2D eigenvalue weighted by Crippen LogP contribution is -2.49. The summed E-state index contributed by atoms with van der Waals surface area (Å²) < 4.78 is 2.06. The molecule has 2 aromatic rings. The van der Waals surface area contributed by atoms with E-state index in [9.17, 15) is 5.11 Å². The number of hydrogen-bond acceptors (Lipinski definition) is 3. The highest BCUT2D eigenvalue weighted by atomic mass is 16.3. The molecule has 2 rings (SSSR count). The molecule has 1 N–H and O–H groups in total. The maximum absolute atomic E-state index is 10.5. The van der Waals surface area contributed by atoms with E-state index in [0.29, 0.717) is 6.42 Å². The summed E-state index contributed by atoms with van der Waals surface area (Å²) in [5, 5.41) is 10.5. The fourth-order valence-electron chi connectivity index (χ4n) is 2.10. The minimum Gasteiger partial charge on any atom is -0.391 e. The summed E-state index contributed by atoms with van der Waals surface area (Å²) in [6.07, 6.45) is 0.0918. The molecule has 0 saturated heterocycles. The van der Waals surface area contributed by atoms with Gasteiger partial charge in [-0.05, 0) is 40.1 Å². The normalized spacial score (nSPS) is 14.3. The predicted octanol–water partition coefficient (Wildman–Crippen LogP) is 1.82. The Bertz CT molecular complexity index is 572. The van der Waals surface area contributed by atoms with Crippen molar-refractivity contribution in [2.45, 2.75) is 31.9 Å². The van der Waals surface area contributed by atoms with Crippen molar-refractivity contribution in [2.24, 2.45) is 7.05 Å². The number of benzene rings is 1. The van der Waals surface area contributed by atoms with E-state index in [4.69, 9.17) is 0 Å². The Kier molecular flexibility index (Phi) is 3.65. The molecule has 0 spiro atoms. The molecule has 0 aliphatic carbocycles. The lowest BCUT2D eigenvalue weighted by Gasteiger charge is -2.37. The van der Waals surface area contributed by atoms with Gasteiger partial charge in [0, 0.05) is 19.0 Å². The molecule has 0 fully saturated rings. The Hall–Kier alpha value is -1.39. The average molecular weight is 261 g/mol. The first-order valence-corrected chi connectivity index (χ1v) is 6.60. The number of imidazole rings is 1. The van der Waals surface area contributed by atoms with Crippen molar-refractivity contribution in [1.29, 1.82) is 0 Å². The second kappa shape index (κ2) is 4.94. The molecule has 1 heterocycles. The monoisotopic (exact) mass is 261 g/mol. The van der Waals surface area contributed by atoms with Crippen LogP contribution in [0.3, 0.4) is 0 Å². The van der Waals surface area contributed by atoms with Crippen molar-refractivity contribution >= 4 is 11.0 Å². The van der Waals surface area contributed by atoms with E-state index in [1.165, 1.54) is 0 Å². The smallest absolute Gasteiger partial charge is 0.112 e.